The van der Waals surface area contributed by atoms with E-state index in [1.165, 1.54) is 0 Å². The molecule has 1 N–H and O–H groups in total. The lowest BCUT2D eigenvalue weighted by molar-refractivity contribution is -0.139. The molecule has 0 radical (unpaired) electrons. The standard InChI is InChI=1S/C22H21NO3.C3H6.2C2H6/c1-3-8-18-14-21(17-9-5-4-6-10-17)16(2)23(18)19-11-7-12-20(13-19)26-15-22(24)25;1-3-2;2*1-2/h3-14H,15H2,1-2H3,(H,24,25);3H,1H2,2H3;2*1-2H3/b8-3+;;;. The summed E-state index contributed by atoms with van der Waals surface area (Å²) in [6.07, 6.45) is 5.81. The molecule has 0 saturated heterocycles. The van der Waals surface area contributed by atoms with Crippen LogP contribution in [0.3, 0.4) is 0 Å². The minimum absolute atomic E-state index is 0.356. The van der Waals surface area contributed by atoms with Crippen LogP contribution in [0.1, 0.15) is 52.9 Å². The summed E-state index contributed by atoms with van der Waals surface area (Å²) in [4.78, 5) is 10.7. The van der Waals surface area contributed by atoms with E-state index in [9.17, 15) is 4.79 Å². The van der Waals surface area contributed by atoms with E-state index in [0.29, 0.717) is 5.75 Å². The van der Waals surface area contributed by atoms with Crippen molar-refractivity contribution in [1.82, 2.24) is 4.57 Å². The van der Waals surface area contributed by atoms with Crippen LogP contribution in [-0.4, -0.2) is 22.2 Å². The van der Waals surface area contributed by atoms with Crippen LogP contribution in [-0.2, 0) is 4.79 Å². The molecule has 1 aromatic heterocycles. The number of nitrogens with zero attached hydrogens (tertiary/aromatic N) is 1. The van der Waals surface area contributed by atoms with E-state index >= 15 is 0 Å². The number of aliphatic carboxylic acids is 1. The van der Waals surface area contributed by atoms with Crippen molar-refractivity contribution in [2.75, 3.05) is 6.61 Å². The molecule has 0 saturated carbocycles. The van der Waals surface area contributed by atoms with Gasteiger partial charge in [0.1, 0.15) is 5.75 Å². The van der Waals surface area contributed by atoms with E-state index < -0.39 is 5.97 Å². The monoisotopic (exact) mass is 449 g/mol. The van der Waals surface area contributed by atoms with Gasteiger partial charge in [-0.15, -0.1) is 6.58 Å². The van der Waals surface area contributed by atoms with Crippen LogP contribution in [0, 0.1) is 6.92 Å². The van der Waals surface area contributed by atoms with E-state index in [0.717, 1.165) is 28.2 Å². The fourth-order valence-corrected chi connectivity index (χ4v) is 3.03. The Labute approximate surface area is 199 Å². The van der Waals surface area contributed by atoms with Crippen molar-refractivity contribution in [2.24, 2.45) is 0 Å². The Morgan fingerprint density at radius 3 is 2.15 bits per heavy atom. The Hall–Kier alpha value is -3.53. The van der Waals surface area contributed by atoms with Gasteiger partial charge in [0.2, 0.25) is 0 Å². The van der Waals surface area contributed by atoms with Gasteiger partial charge in [0.15, 0.2) is 6.61 Å². The van der Waals surface area contributed by atoms with Gasteiger partial charge in [0.25, 0.3) is 0 Å². The zero-order chi connectivity index (χ0) is 25.2. The molecule has 0 fully saturated rings. The second-order valence-corrected chi connectivity index (χ2v) is 6.36. The molecule has 3 aromatic rings. The van der Waals surface area contributed by atoms with Crippen LogP contribution >= 0.6 is 0 Å². The molecule has 1 heterocycles. The fourth-order valence-electron chi connectivity index (χ4n) is 3.03. The highest BCUT2D eigenvalue weighted by Crippen LogP contribution is 2.31. The molecule has 0 amide bonds. The number of aromatic nitrogens is 1. The van der Waals surface area contributed by atoms with Crippen LogP contribution in [0.4, 0.5) is 0 Å². The molecule has 0 aliphatic carbocycles. The molecule has 0 bridgehead atoms. The zero-order valence-corrected chi connectivity index (χ0v) is 21.1. The lowest BCUT2D eigenvalue weighted by atomic mass is 10.1. The molecule has 0 aliphatic heterocycles. The molecule has 33 heavy (non-hydrogen) atoms. The van der Waals surface area contributed by atoms with Gasteiger partial charge in [-0.05, 0) is 50.6 Å². The largest absolute Gasteiger partial charge is 0.482 e. The number of hydrogen-bond acceptors (Lipinski definition) is 2. The summed E-state index contributed by atoms with van der Waals surface area (Å²) in [5.74, 6) is -0.459. The molecule has 178 valence electrons. The molecular weight excluding hydrogens is 410 g/mol. The van der Waals surface area contributed by atoms with Crippen molar-refractivity contribution in [3.05, 3.63) is 90.8 Å². The molecule has 4 heteroatoms. The first-order valence-corrected chi connectivity index (χ1v) is 11.4. The van der Waals surface area contributed by atoms with Gasteiger partial charge >= 0.3 is 5.97 Å². The predicted molar refractivity (Wildman–Crippen MR) is 142 cm³/mol. The Balaban J connectivity index is 0.00000132. The van der Waals surface area contributed by atoms with Crippen LogP contribution in [0.25, 0.3) is 22.9 Å². The van der Waals surface area contributed by atoms with Gasteiger partial charge in [-0.3, -0.25) is 0 Å². The molecule has 3 rings (SSSR count). The fraction of sp³-hybridized carbons (Fsp3) is 0.276. The van der Waals surface area contributed by atoms with Crippen molar-refractivity contribution in [3.63, 3.8) is 0 Å². The van der Waals surface area contributed by atoms with Crippen molar-refractivity contribution < 1.29 is 14.6 Å². The number of rotatable bonds is 6. The lowest BCUT2D eigenvalue weighted by Gasteiger charge is -2.12. The van der Waals surface area contributed by atoms with Gasteiger partial charge < -0.3 is 14.4 Å². The van der Waals surface area contributed by atoms with E-state index in [1.54, 1.807) is 12.1 Å². The molecule has 0 unspecified atom stereocenters. The van der Waals surface area contributed by atoms with Crippen molar-refractivity contribution in [1.29, 1.82) is 0 Å². The number of ether oxygens (including phenoxy) is 1. The van der Waals surface area contributed by atoms with Gasteiger partial charge in [-0.1, -0.05) is 76.2 Å². The van der Waals surface area contributed by atoms with Crippen molar-refractivity contribution in [2.45, 2.75) is 48.5 Å². The normalized spacial score (nSPS) is 9.42. The highest BCUT2D eigenvalue weighted by molar-refractivity contribution is 5.72. The van der Waals surface area contributed by atoms with Gasteiger partial charge in [0.05, 0.1) is 0 Å². The van der Waals surface area contributed by atoms with E-state index in [2.05, 4.69) is 42.3 Å². The summed E-state index contributed by atoms with van der Waals surface area (Å²) in [5, 5.41) is 8.81. The third kappa shape index (κ3) is 9.24. The minimum Gasteiger partial charge on any atom is -0.482 e. The smallest absolute Gasteiger partial charge is 0.341 e. The zero-order valence-electron chi connectivity index (χ0n) is 21.1. The second-order valence-electron chi connectivity index (χ2n) is 6.36. The number of carboxylic acids is 1. The Morgan fingerprint density at radius 2 is 1.61 bits per heavy atom. The van der Waals surface area contributed by atoms with Crippen LogP contribution in [0.2, 0.25) is 0 Å². The molecule has 0 atom stereocenters. The molecule has 4 nitrogen and oxygen atoms in total. The SMILES string of the molecule is C/C=C/c1cc(-c2ccccc2)c(C)n1-c1cccc(OCC(=O)O)c1.C=CC.CC.CC. The summed E-state index contributed by atoms with van der Waals surface area (Å²) in [6.45, 7) is 17.0. The maximum Gasteiger partial charge on any atom is 0.341 e. The number of allylic oxidation sites excluding steroid dienone is 2. The minimum atomic E-state index is -0.992. The van der Waals surface area contributed by atoms with E-state index in [-0.39, 0.29) is 6.61 Å². The summed E-state index contributed by atoms with van der Waals surface area (Å²) in [6, 6.07) is 19.9. The maximum atomic E-state index is 10.7. The van der Waals surface area contributed by atoms with Gasteiger partial charge in [0, 0.05) is 28.7 Å². The van der Waals surface area contributed by atoms with Crippen LogP contribution in [0.5, 0.6) is 5.75 Å². The summed E-state index contributed by atoms with van der Waals surface area (Å²) in [7, 11) is 0. The predicted octanol–water partition coefficient (Wildman–Crippen LogP) is 8.19. The average Bonchev–Trinajstić information content (AvgIpc) is 3.17. The number of benzene rings is 2. The average molecular weight is 450 g/mol. The van der Waals surface area contributed by atoms with E-state index in [1.807, 2.05) is 84.0 Å². The summed E-state index contributed by atoms with van der Waals surface area (Å²) in [5.41, 5.74) is 5.42. The first-order valence-electron chi connectivity index (χ1n) is 11.4. The topological polar surface area (TPSA) is 51.5 Å². The maximum absolute atomic E-state index is 10.7. The second kappa shape index (κ2) is 17.1. The molecule has 2 aromatic carbocycles. The number of carbonyl (C=O) groups is 1. The number of carboxylic acid groups (broad SMARTS) is 1. The molecular formula is C29H39NO3. The van der Waals surface area contributed by atoms with Crippen LogP contribution in [0.15, 0.2) is 79.4 Å². The third-order valence-electron chi connectivity index (χ3n) is 4.14. The first kappa shape index (κ1) is 29.5. The van der Waals surface area contributed by atoms with Gasteiger partial charge in [-0.2, -0.15) is 0 Å². The highest BCUT2D eigenvalue weighted by atomic mass is 16.5. The third-order valence-corrected chi connectivity index (χ3v) is 4.14. The number of hydrogen-bond donors (Lipinski definition) is 1. The highest BCUT2D eigenvalue weighted by Gasteiger charge is 2.13. The summed E-state index contributed by atoms with van der Waals surface area (Å²) >= 11 is 0. The van der Waals surface area contributed by atoms with E-state index in [4.69, 9.17) is 9.84 Å². The molecule has 0 spiro atoms. The molecule has 0 aliphatic rings. The van der Waals surface area contributed by atoms with Gasteiger partial charge in [-0.25, -0.2) is 4.79 Å². The lowest BCUT2D eigenvalue weighted by Crippen LogP contribution is -2.09. The van der Waals surface area contributed by atoms with Crippen LogP contribution < -0.4 is 4.74 Å². The first-order chi connectivity index (χ1) is 16.0. The van der Waals surface area contributed by atoms with Crippen molar-refractivity contribution in [3.8, 4) is 22.6 Å². The quantitative estimate of drug-likeness (QED) is 0.386. The van der Waals surface area contributed by atoms with Crippen molar-refractivity contribution >= 4 is 12.0 Å². The Bertz CT molecular complexity index is 985. The summed E-state index contributed by atoms with van der Waals surface area (Å²) < 4.78 is 7.48. The Kier molecular flexibility index (Phi) is 15.2. The Morgan fingerprint density at radius 1 is 1.00 bits per heavy atom.